The van der Waals surface area contributed by atoms with Gasteiger partial charge in [-0.05, 0) is 67.3 Å². The van der Waals surface area contributed by atoms with E-state index in [1.54, 1.807) is 18.2 Å². The number of nitrogens with two attached hydrogens (primary N) is 1. The van der Waals surface area contributed by atoms with E-state index in [9.17, 15) is 14.7 Å². The number of ether oxygens (including phenoxy) is 1. The van der Waals surface area contributed by atoms with E-state index in [2.05, 4.69) is 35.5 Å². The predicted molar refractivity (Wildman–Crippen MR) is 138 cm³/mol. The number of rotatable bonds is 10. The number of fused-ring (bicyclic) bond motifs is 1. The summed E-state index contributed by atoms with van der Waals surface area (Å²) in [5, 5.41) is 17.6. The molecule has 4 rings (SSSR count). The zero-order valence-electron chi connectivity index (χ0n) is 21.4. The molecule has 1 spiro atoms. The van der Waals surface area contributed by atoms with E-state index in [4.69, 9.17) is 10.5 Å². The number of amides is 2. The lowest BCUT2D eigenvalue weighted by molar-refractivity contribution is -0.120. The number of carbonyl (C=O) groups is 2. The number of aromatic nitrogens is 1. The number of benzene rings is 1. The molecule has 1 aliphatic carbocycles. The second-order valence-electron chi connectivity index (χ2n) is 10.8. The minimum absolute atomic E-state index is 0.000482. The molecular weight excluding hydrogens is 456 g/mol. The van der Waals surface area contributed by atoms with Gasteiger partial charge in [0, 0.05) is 43.3 Å². The molecule has 36 heavy (non-hydrogen) atoms. The highest BCUT2D eigenvalue weighted by Gasteiger charge is 2.46. The number of carbonyl (C=O) groups excluding carboxylic acids is 2. The maximum absolute atomic E-state index is 11.9. The fraction of sp³-hybridized carbons (Fsp3) is 0.536. The summed E-state index contributed by atoms with van der Waals surface area (Å²) in [5.41, 5.74) is 8.65. The molecule has 5 N–H and O–H groups in total. The Kier molecular flexibility index (Phi) is 7.95. The number of primary amides is 1. The number of pyridine rings is 1. The lowest BCUT2D eigenvalue weighted by Gasteiger charge is -2.47. The summed E-state index contributed by atoms with van der Waals surface area (Å²) in [6.07, 6.45) is 6.36. The van der Waals surface area contributed by atoms with E-state index in [0.29, 0.717) is 23.8 Å². The van der Waals surface area contributed by atoms with Gasteiger partial charge in [0.15, 0.2) is 0 Å². The summed E-state index contributed by atoms with van der Waals surface area (Å²) < 4.78 is 6.35. The second-order valence-corrected chi connectivity index (χ2v) is 10.8. The molecule has 0 radical (unpaired) electrons. The highest BCUT2D eigenvalue weighted by atomic mass is 16.5. The van der Waals surface area contributed by atoms with Crippen molar-refractivity contribution in [3.63, 3.8) is 0 Å². The number of nitrogens with zero attached hydrogens (tertiary/aromatic N) is 1. The van der Waals surface area contributed by atoms with E-state index < -0.39 is 18.1 Å². The highest BCUT2D eigenvalue weighted by Crippen LogP contribution is 2.48. The topological polar surface area (TPSA) is 127 Å². The third-order valence-electron chi connectivity index (χ3n) is 7.20. The summed E-state index contributed by atoms with van der Waals surface area (Å²) in [7, 11) is 0. The summed E-state index contributed by atoms with van der Waals surface area (Å²) in [4.78, 5) is 28.1. The second kappa shape index (κ2) is 11.0. The van der Waals surface area contributed by atoms with Crippen LogP contribution in [0.5, 0.6) is 5.88 Å². The molecule has 3 atom stereocenters. The monoisotopic (exact) mass is 494 g/mol. The van der Waals surface area contributed by atoms with E-state index in [1.807, 2.05) is 12.3 Å². The maximum atomic E-state index is 11.9. The molecule has 1 saturated carbocycles. The Morgan fingerprint density at radius 3 is 2.64 bits per heavy atom. The van der Waals surface area contributed by atoms with Crippen molar-refractivity contribution < 1.29 is 19.4 Å². The largest absolute Gasteiger partial charge is 0.471 e. The van der Waals surface area contributed by atoms with Gasteiger partial charge in [0.05, 0.1) is 12.1 Å². The van der Waals surface area contributed by atoms with Crippen LogP contribution in [0.25, 0.3) is 0 Å². The molecule has 1 aromatic carbocycles. The molecule has 1 aliphatic heterocycles. The van der Waals surface area contributed by atoms with Crippen LogP contribution in [-0.2, 0) is 17.6 Å². The first-order valence-electron chi connectivity index (χ1n) is 12.9. The van der Waals surface area contributed by atoms with Crippen molar-refractivity contribution in [2.24, 2.45) is 11.7 Å². The zero-order chi connectivity index (χ0) is 25.9. The average Bonchev–Trinajstić information content (AvgIpc) is 2.80. The van der Waals surface area contributed by atoms with Crippen LogP contribution in [0.1, 0.15) is 79.5 Å². The SMILES string of the molecule is CC(=O)N[C@@H](Cc1cccc(C(N)=O)c1)[C@H](O)CN[C@H]1CC2(CCC2)Oc2ncc(CC(C)C)cc21. The van der Waals surface area contributed by atoms with Crippen molar-refractivity contribution in [3.05, 3.63) is 58.8 Å². The van der Waals surface area contributed by atoms with E-state index in [-0.39, 0.29) is 24.1 Å². The van der Waals surface area contributed by atoms with Crippen LogP contribution >= 0.6 is 0 Å². The number of nitrogens with one attached hydrogen (secondary N) is 2. The third-order valence-corrected chi connectivity index (χ3v) is 7.20. The van der Waals surface area contributed by atoms with Gasteiger partial charge in [0.25, 0.3) is 0 Å². The van der Waals surface area contributed by atoms with Crippen LogP contribution in [0, 0.1) is 5.92 Å². The molecule has 1 aromatic heterocycles. The molecule has 0 saturated heterocycles. The first kappa shape index (κ1) is 26.1. The van der Waals surface area contributed by atoms with Crippen molar-refractivity contribution in [1.82, 2.24) is 15.6 Å². The van der Waals surface area contributed by atoms with Gasteiger partial charge in [-0.3, -0.25) is 9.59 Å². The standard InChI is InChI=1S/C28H38N4O4/c1-17(2)10-20-12-22-24(14-28(8-5-9-28)36-27(22)31-15-20)30-16-25(34)23(32-18(3)33)13-19-6-4-7-21(11-19)26(29)35/h4,6-7,11-12,15,17,23-25,30,34H,5,8-10,13-14,16H2,1-3H3,(H2,29,35)(H,32,33)/t23-,24-,25+/m0/s1. The van der Waals surface area contributed by atoms with E-state index >= 15 is 0 Å². The van der Waals surface area contributed by atoms with Gasteiger partial charge in [-0.15, -0.1) is 0 Å². The Hall–Kier alpha value is -2.97. The third kappa shape index (κ3) is 6.23. The predicted octanol–water partition coefficient (Wildman–Crippen LogP) is 2.82. The fourth-order valence-electron chi connectivity index (χ4n) is 5.28. The molecule has 8 nitrogen and oxygen atoms in total. The summed E-state index contributed by atoms with van der Waals surface area (Å²) >= 11 is 0. The maximum Gasteiger partial charge on any atom is 0.248 e. The summed E-state index contributed by atoms with van der Waals surface area (Å²) in [6.45, 7) is 6.10. The van der Waals surface area contributed by atoms with Crippen LogP contribution in [0.2, 0.25) is 0 Å². The first-order valence-corrected chi connectivity index (χ1v) is 12.9. The van der Waals surface area contributed by atoms with E-state index in [1.165, 1.54) is 12.5 Å². The van der Waals surface area contributed by atoms with Crippen LogP contribution in [0.3, 0.4) is 0 Å². The molecule has 1 fully saturated rings. The van der Waals surface area contributed by atoms with E-state index in [0.717, 1.165) is 43.2 Å². The molecule has 194 valence electrons. The molecule has 2 heterocycles. The van der Waals surface area contributed by atoms with Gasteiger partial charge in [0.1, 0.15) is 5.60 Å². The Balaban J connectivity index is 1.49. The molecule has 2 aromatic rings. The fourth-order valence-corrected chi connectivity index (χ4v) is 5.28. The van der Waals surface area contributed by atoms with Crippen LogP contribution in [0.15, 0.2) is 36.5 Å². The van der Waals surface area contributed by atoms with Crippen LogP contribution in [-0.4, -0.2) is 46.2 Å². The quantitative estimate of drug-likeness (QED) is 0.402. The highest BCUT2D eigenvalue weighted by molar-refractivity contribution is 5.92. The normalized spacial score (nSPS) is 19.6. The smallest absolute Gasteiger partial charge is 0.248 e. The van der Waals surface area contributed by atoms with Gasteiger partial charge in [0.2, 0.25) is 17.7 Å². The first-order chi connectivity index (χ1) is 17.1. The van der Waals surface area contributed by atoms with Gasteiger partial charge in [-0.25, -0.2) is 4.98 Å². The van der Waals surface area contributed by atoms with Gasteiger partial charge in [-0.2, -0.15) is 0 Å². The average molecular weight is 495 g/mol. The molecule has 0 bridgehead atoms. The minimum Gasteiger partial charge on any atom is -0.471 e. The van der Waals surface area contributed by atoms with Crippen molar-refractivity contribution in [2.75, 3.05) is 6.54 Å². The molecular formula is C28H38N4O4. The Bertz CT molecular complexity index is 1100. The number of aliphatic hydroxyl groups is 1. The molecule has 2 aliphatic rings. The molecule has 0 unspecified atom stereocenters. The molecule has 2 amide bonds. The lowest BCUT2D eigenvalue weighted by atomic mass is 9.73. The van der Waals surface area contributed by atoms with Crippen LogP contribution in [0.4, 0.5) is 0 Å². The Morgan fingerprint density at radius 1 is 1.22 bits per heavy atom. The van der Waals surface area contributed by atoms with Crippen molar-refractivity contribution >= 4 is 11.8 Å². The minimum atomic E-state index is -0.846. The number of hydrogen-bond donors (Lipinski definition) is 4. The zero-order valence-corrected chi connectivity index (χ0v) is 21.4. The summed E-state index contributed by atoms with van der Waals surface area (Å²) in [5.74, 6) is 0.468. The van der Waals surface area contributed by atoms with Crippen molar-refractivity contribution in [2.45, 2.75) is 83.1 Å². The van der Waals surface area contributed by atoms with Crippen molar-refractivity contribution in [3.8, 4) is 5.88 Å². The van der Waals surface area contributed by atoms with Gasteiger partial charge < -0.3 is 26.2 Å². The number of aliphatic hydroxyl groups excluding tert-OH is 1. The molecule has 8 heteroatoms. The summed E-state index contributed by atoms with van der Waals surface area (Å²) in [6, 6.07) is 8.62. The van der Waals surface area contributed by atoms with Crippen LogP contribution < -0.4 is 21.1 Å². The lowest BCUT2D eigenvalue weighted by Crippen LogP contribution is -2.52. The van der Waals surface area contributed by atoms with Gasteiger partial charge >= 0.3 is 0 Å². The number of hydrogen-bond acceptors (Lipinski definition) is 6. The Morgan fingerprint density at radius 2 is 2.00 bits per heavy atom. The van der Waals surface area contributed by atoms with Gasteiger partial charge in [-0.1, -0.05) is 26.0 Å². The Labute approximate surface area is 213 Å². The van der Waals surface area contributed by atoms with Crippen molar-refractivity contribution in [1.29, 1.82) is 0 Å².